The van der Waals surface area contributed by atoms with E-state index in [1.165, 1.54) is 36.8 Å². The van der Waals surface area contributed by atoms with Gasteiger partial charge in [0.25, 0.3) is 0 Å². The summed E-state index contributed by atoms with van der Waals surface area (Å²) < 4.78 is 0. The molecule has 0 unspecified atom stereocenters. The number of hydrogen-bond acceptors (Lipinski definition) is 1. The van der Waals surface area contributed by atoms with E-state index in [4.69, 9.17) is 11.6 Å². The van der Waals surface area contributed by atoms with Gasteiger partial charge in [0.2, 0.25) is 0 Å². The molecule has 0 aromatic heterocycles. The maximum absolute atomic E-state index is 6.16. The van der Waals surface area contributed by atoms with E-state index >= 15 is 0 Å². The Morgan fingerprint density at radius 1 is 1.24 bits per heavy atom. The Kier molecular flexibility index (Phi) is 5.38. The minimum Gasteiger partial charge on any atom is -0.303 e. The molecule has 21 heavy (non-hydrogen) atoms. The molecule has 2 heteroatoms. The van der Waals surface area contributed by atoms with Gasteiger partial charge in [0.15, 0.2) is 0 Å². The zero-order chi connectivity index (χ0) is 15.6. The predicted molar refractivity (Wildman–Crippen MR) is 93.1 cm³/mol. The molecule has 1 aromatic rings. The highest BCUT2D eigenvalue weighted by atomic mass is 35.5. The van der Waals surface area contributed by atoms with Crippen LogP contribution in [0.5, 0.6) is 0 Å². The molecule has 0 heterocycles. The summed E-state index contributed by atoms with van der Waals surface area (Å²) in [6.45, 7) is 6.84. The second-order valence-electron chi connectivity index (χ2n) is 7.46. The minimum atomic E-state index is 0.325. The molecule has 0 saturated heterocycles. The van der Waals surface area contributed by atoms with Crippen molar-refractivity contribution in [1.82, 2.24) is 4.90 Å². The van der Waals surface area contributed by atoms with Crippen molar-refractivity contribution in [2.24, 2.45) is 11.8 Å². The Labute approximate surface area is 135 Å². The highest BCUT2D eigenvalue weighted by molar-refractivity contribution is 6.31. The van der Waals surface area contributed by atoms with Gasteiger partial charge in [-0.05, 0) is 82.2 Å². The standard InChI is InChI=1S/C19H30ClN/c1-14(2)17-8-10-19(11-9-17,21(4)5)13-16-6-7-18(20)15(3)12-16/h6-7,12,14,17H,8-11,13H2,1-5H3. The van der Waals surface area contributed by atoms with E-state index in [9.17, 15) is 0 Å². The SMILES string of the molecule is Cc1cc(CC2(N(C)C)CCC(C(C)C)CC2)ccc1Cl. The lowest BCUT2D eigenvalue weighted by Crippen LogP contribution is -2.49. The molecule has 118 valence electrons. The lowest BCUT2D eigenvalue weighted by atomic mass is 9.70. The van der Waals surface area contributed by atoms with Gasteiger partial charge in [-0.3, -0.25) is 0 Å². The smallest absolute Gasteiger partial charge is 0.0435 e. The van der Waals surface area contributed by atoms with Crippen LogP contribution in [0, 0.1) is 18.8 Å². The van der Waals surface area contributed by atoms with E-state index in [-0.39, 0.29) is 0 Å². The largest absolute Gasteiger partial charge is 0.303 e. The van der Waals surface area contributed by atoms with Gasteiger partial charge in [-0.25, -0.2) is 0 Å². The summed E-state index contributed by atoms with van der Waals surface area (Å²) >= 11 is 6.16. The fourth-order valence-electron chi connectivity index (χ4n) is 3.82. The van der Waals surface area contributed by atoms with Crippen LogP contribution in [0.2, 0.25) is 5.02 Å². The van der Waals surface area contributed by atoms with Gasteiger partial charge in [0.1, 0.15) is 0 Å². The molecule has 1 nitrogen and oxygen atoms in total. The number of aryl methyl sites for hydroxylation is 1. The molecule has 0 bridgehead atoms. The Balaban J connectivity index is 2.14. The third-order valence-electron chi connectivity index (χ3n) is 5.61. The first-order valence-corrected chi connectivity index (χ1v) is 8.64. The molecular formula is C19H30ClN. The van der Waals surface area contributed by atoms with Crippen LogP contribution in [0.25, 0.3) is 0 Å². The fraction of sp³-hybridized carbons (Fsp3) is 0.684. The van der Waals surface area contributed by atoms with Crippen LogP contribution in [-0.4, -0.2) is 24.5 Å². The van der Waals surface area contributed by atoms with Crippen molar-refractivity contribution >= 4 is 11.6 Å². The van der Waals surface area contributed by atoms with E-state index in [2.05, 4.69) is 58.0 Å². The van der Waals surface area contributed by atoms with E-state index in [0.717, 1.165) is 23.3 Å². The van der Waals surface area contributed by atoms with Crippen molar-refractivity contribution in [2.75, 3.05) is 14.1 Å². The molecule has 0 atom stereocenters. The summed E-state index contributed by atoms with van der Waals surface area (Å²) in [6, 6.07) is 6.52. The van der Waals surface area contributed by atoms with Crippen LogP contribution < -0.4 is 0 Å². The average molecular weight is 308 g/mol. The molecule has 1 fully saturated rings. The first kappa shape index (κ1) is 16.8. The fourth-order valence-corrected chi connectivity index (χ4v) is 3.94. The molecule has 0 N–H and O–H groups in total. The van der Waals surface area contributed by atoms with Crippen molar-refractivity contribution in [1.29, 1.82) is 0 Å². The van der Waals surface area contributed by atoms with Crippen molar-refractivity contribution in [3.05, 3.63) is 34.3 Å². The highest BCUT2D eigenvalue weighted by Gasteiger charge is 2.37. The topological polar surface area (TPSA) is 3.24 Å². The highest BCUT2D eigenvalue weighted by Crippen LogP contribution is 2.40. The van der Waals surface area contributed by atoms with Gasteiger partial charge >= 0.3 is 0 Å². The number of benzene rings is 1. The number of hydrogen-bond donors (Lipinski definition) is 0. The van der Waals surface area contributed by atoms with Crippen LogP contribution in [0.3, 0.4) is 0 Å². The second-order valence-corrected chi connectivity index (χ2v) is 7.87. The number of likely N-dealkylation sites (N-methyl/N-ethyl adjacent to an activating group) is 1. The Morgan fingerprint density at radius 3 is 2.33 bits per heavy atom. The van der Waals surface area contributed by atoms with Gasteiger partial charge in [-0.2, -0.15) is 0 Å². The Bertz CT molecular complexity index is 470. The van der Waals surface area contributed by atoms with Crippen molar-refractivity contribution in [3.8, 4) is 0 Å². The number of rotatable bonds is 4. The molecule has 0 radical (unpaired) electrons. The monoisotopic (exact) mass is 307 g/mol. The average Bonchev–Trinajstić information content (AvgIpc) is 2.43. The lowest BCUT2D eigenvalue weighted by molar-refractivity contribution is 0.0683. The lowest BCUT2D eigenvalue weighted by Gasteiger charge is -2.46. The molecule has 2 rings (SSSR count). The van der Waals surface area contributed by atoms with Crippen molar-refractivity contribution in [2.45, 2.75) is 58.4 Å². The molecule has 1 aromatic carbocycles. The van der Waals surface area contributed by atoms with Gasteiger partial charge in [0.05, 0.1) is 0 Å². The predicted octanol–water partition coefficient (Wildman–Crippen LogP) is 5.34. The minimum absolute atomic E-state index is 0.325. The van der Waals surface area contributed by atoms with Crippen molar-refractivity contribution in [3.63, 3.8) is 0 Å². The second kappa shape index (κ2) is 6.71. The quantitative estimate of drug-likeness (QED) is 0.726. The maximum Gasteiger partial charge on any atom is 0.0435 e. The summed E-state index contributed by atoms with van der Waals surface area (Å²) in [5.74, 6) is 1.73. The first-order valence-electron chi connectivity index (χ1n) is 8.26. The molecule has 1 aliphatic carbocycles. The Hall–Kier alpha value is -0.530. The van der Waals surface area contributed by atoms with E-state index < -0.39 is 0 Å². The first-order chi connectivity index (χ1) is 9.84. The van der Waals surface area contributed by atoms with Gasteiger partial charge in [-0.1, -0.05) is 37.6 Å². The Morgan fingerprint density at radius 2 is 1.86 bits per heavy atom. The van der Waals surface area contributed by atoms with Gasteiger partial charge in [-0.15, -0.1) is 0 Å². The maximum atomic E-state index is 6.16. The molecule has 0 amide bonds. The van der Waals surface area contributed by atoms with Crippen LogP contribution in [0.15, 0.2) is 18.2 Å². The van der Waals surface area contributed by atoms with Crippen LogP contribution in [-0.2, 0) is 6.42 Å². The van der Waals surface area contributed by atoms with Crippen LogP contribution in [0.4, 0.5) is 0 Å². The summed E-state index contributed by atoms with van der Waals surface area (Å²) in [5, 5.41) is 0.876. The zero-order valence-corrected chi connectivity index (χ0v) is 15.0. The van der Waals surface area contributed by atoms with E-state index in [0.29, 0.717) is 5.54 Å². The zero-order valence-electron chi connectivity index (χ0n) is 14.2. The van der Waals surface area contributed by atoms with Gasteiger partial charge < -0.3 is 4.90 Å². The molecule has 0 spiro atoms. The third kappa shape index (κ3) is 3.81. The molecule has 0 aliphatic heterocycles. The normalized spacial score (nSPS) is 26.6. The summed E-state index contributed by atoms with van der Waals surface area (Å²) in [4.78, 5) is 2.47. The summed E-state index contributed by atoms with van der Waals surface area (Å²) in [7, 11) is 4.50. The van der Waals surface area contributed by atoms with Crippen LogP contribution >= 0.6 is 11.6 Å². The summed E-state index contributed by atoms with van der Waals surface area (Å²) in [6.07, 6.45) is 6.49. The third-order valence-corrected chi connectivity index (χ3v) is 6.03. The number of halogens is 1. The van der Waals surface area contributed by atoms with Gasteiger partial charge in [0, 0.05) is 10.6 Å². The van der Waals surface area contributed by atoms with E-state index in [1.807, 2.05) is 0 Å². The summed E-state index contributed by atoms with van der Waals surface area (Å²) in [5.41, 5.74) is 2.94. The van der Waals surface area contributed by atoms with E-state index in [1.54, 1.807) is 0 Å². The number of nitrogens with zero attached hydrogens (tertiary/aromatic N) is 1. The molecule has 1 aliphatic rings. The molecular weight excluding hydrogens is 278 g/mol. The van der Waals surface area contributed by atoms with Crippen LogP contribution in [0.1, 0.15) is 50.7 Å². The van der Waals surface area contributed by atoms with Crippen molar-refractivity contribution < 1.29 is 0 Å². The molecule has 1 saturated carbocycles.